The maximum Gasteiger partial charge on any atom is 0.281 e. The van der Waals surface area contributed by atoms with Gasteiger partial charge in [-0.2, -0.15) is 5.10 Å². The highest BCUT2D eigenvalue weighted by atomic mass is 16.5. The highest BCUT2D eigenvalue weighted by molar-refractivity contribution is 6.04. The fraction of sp³-hybridized carbons (Fsp3) is 0.267. The van der Waals surface area contributed by atoms with E-state index in [2.05, 4.69) is 37.1 Å². The minimum atomic E-state index is -0.468. The highest BCUT2D eigenvalue weighted by Gasteiger charge is 2.29. The second-order valence-corrected chi connectivity index (χ2v) is 9.26. The fourth-order valence-electron chi connectivity index (χ4n) is 4.36. The quantitative estimate of drug-likeness (QED) is 0.176. The normalized spacial score (nSPS) is 12.9. The predicted molar refractivity (Wildman–Crippen MR) is 158 cm³/mol. The maximum absolute atomic E-state index is 13.2. The van der Waals surface area contributed by atoms with E-state index in [0.717, 1.165) is 24.2 Å². The summed E-state index contributed by atoms with van der Waals surface area (Å²) in [6, 6.07) is 6.82. The first-order valence-corrected chi connectivity index (χ1v) is 13.4. The van der Waals surface area contributed by atoms with Crippen molar-refractivity contribution >= 4 is 29.9 Å². The summed E-state index contributed by atoms with van der Waals surface area (Å²) in [5.41, 5.74) is 2.98. The first-order valence-electron chi connectivity index (χ1n) is 13.4. The Hall–Kier alpha value is -5.26. The van der Waals surface area contributed by atoms with Gasteiger partial charge in [-0.3, -0.25) is 9.79 Å². The fourth-order valence-corrected chi connectivity index (χ4v) is 4.36. The van der Waals surface area contributed by atoms with Crippen molar-refractivity contribution in [3.8, 4) is 28.7 Å². The van der Waals surface area contributed by atoms with Crippen LogP contribution in [0.3, 0.4) is 0 Å². The van der Waals surface area contributed by atoms with Crippen molar-refractivity contribution < 1.29 is 23.7 Å². The van der Waals surface area contributed by atoms with Crippen molar-refractivity contribution in [1.82, 2.24) is 24.7 Å². The molecule has 5 rings (SSSR count). The number of hydrogen-bond donors (Lipinski definition) is 1. The van der Waals surface area contributed by atoms with Gasteiger partial charge in [0.25, 0.3) is 5.91 Å². The number of amides is 1. The Morgan fingerprint density at radius 2 is 1.93 bits per heavy atom. The third-order valence-corrected chi connectivity index (χ3v) is 6.53. The van der Waals surface area contributed by atoms with E-state index in [0.29, 0.717) is 58.4 Å². The van der Waals surface area contributed by atoms with E-state index in [1.165, 1.54) is 12.5 Å². The van der Waals surface area contributed by atoms with Gasteiger partial charge in [-0.1, -0.05) is 0 Å². The molecule has 1 saturated carbocycles. The van der Waals surface area contributed by atoms with Crippen LogP contribution in [-0.4, -0.2) is 58.2 Å². The van der Waals surface area contributed by atoms with E-state index in [4.69, 9.17) is 18.9 Å². The molecule has 0 aliphatic heterocycles. The van der Waals surface area contributed by atoms with Crippen LogP contribution < -0.4 is 24.3 Å². The summed E-state index contributed by atoms with van der Waals surface area (Å²) >= 11 is 0. The van der Waals surface area contributed by atoms with E-state index in [1.807, 2.05) is 13.8 Å². The number of carbonyl (C=O) groups excluding carboxylic acids is 1. The highest BCUT2D eigenvalue weighted by Crippen LogP contribution is 2.41. The molecule has 1 aliphatic rings. The lowest BCUT2D eigenvalue weighted by Gasteiger charge is -2.15. The summed E-state index contributed by atoms with van der Waals surface area (Å²) in [6.45, 7) is 7.71. The van der Waals surface area contributed by atoms with Crippen LogP contribution in [0.1, 0.15) is 54.4 Å². The summed E-state index contributed by atoms with van der Waals surface area (Å²) < 4.78 is 24.2. The smallest absolute Gasteiger partial charge is 0.281 e. The molecule has 42 heavy (non-hydrogen) atoms. The van der Waals surface area contributed by atoms with Gasteiger partial charge >= 0.3 is 0 Å². The SMILES string of the molecule is C=Nc1cc(OC)c(OC)cc1/C(=C\C)Oc1ccc(NC(=O)c2nn(-c3cncnc3C3CC3)cc2OCC)nc1. The van der Waals surface area contributed by atoms with E-state index < -0.39 is 5.91 Å². The van der Waals surface area contributed by atoms with Crippen LogP contribution in [-0.2, 0) is 0 Å². The molecule has 3 aromatic heterocycles. The van der Waals surface area contributed by atoms with Gasteiger partial charge in [-0.05, 0) is 57.7 Å². The summed E-state index contributed by atoms with van der Waals surface area (Å²) in [5.74, 6) is 2.58. The maximum atomic E-state index is 13.2. The molecule has 0 radical (unpaired) electrons. The third kappa shape index (κ3) is 5.92. The molecule has 3 heterocycles. The number of rotatable bonds is 12. The lowest BCUT2D eigenvalue weighted by molar-refractivity contribution is 0.101. The zero-order valence-corrected chi connectivity index (χ0v) is 23.8. The molecule has 1 aromatic carbocycles. The number of methoxy groups -OCH3 is 2. The number of pyridine rings is 1. The number of nitrogens with one attached hydrogen (secondary N) is 1. The molecule has 0 bridgehead atoms. The number of allylic oxidation sites excluding steroid dienone is 1. The molecule has 0 spiro atoms. The van der Waals surface area contributed by atoms with E-state index in [1.54, 1.807) is 61.6 Å². The zero-order valence-electron chi connectivity index (χ0n) is 23.8. The monoisotopic (exact) mass is 569 g/mol. The summed E-state index contributed by atoms with van der Waals surface area (Å²) in [5, 5.41) is 7.30. The van der Waals surface area contributed by atoms with Crippen LogP contribution in [0.4, 0.5) is 11.5 Å². The lowest BCUT2D eigenvalue weighted by atomic mass is 10.1. The Morgan fingerprint density at radius 3 is 2.57 bits per heavy atom. The van der Waals surface area contributed by atoms with Crippen LogP contribution in [0, 0.1) is 0 Å². The molecule has 1 aliphatic carbocycles. The van der Waals surface area contributed by atoms with Crippen molar-refractivity contribution in [3.63, 3.8) is 0 Å². The summed E-state index contributed by atoms with van der Waals surface area (Å²) in [6.07, 6.45) is 10.3. The van der Waals surface area contributed by atoms with Crippen molar-refractivity contribution in [3.05, 3.63) is 72.2 Å². The first-order chi connectivity index (χ1) is 20.5. The molecule has 1 fully saturated rings. The van der Waals surface area contributed by atoms with Gasteiger partial charge in [0.05, 0.1) is 50.8 Å². The predicted octanol–water partition coefficient (Wildman–Crippen LogP) is 5.37. The minimum absolute atomic E-state index is 0.124. The Balaban J connectivity index is 1.33. The van der Waals surface area contributed by atoms with Crippen LogP contribution in [0.15, 0.2) is 60.3 Å². The van der Waals surface area contributed by atoms with Crippen LogP contribution in [0.5, 0.6) is 23.0 Å². The zero-order chi connectivity index (χ0) is 29.6. The number of benzene rings is 1. The van der Waals surface area contributed by atoms with Crippen LogP contribution in [0.2, 0.25) is 0 Å². The van der Waals surface area contributed by atoms with Gasteiger partial charge < -0.3 is 24.3 Å². The van der Waals surface area contributed by atoms with Gasteiger partial charge in [0.1, 0.15) is 29.3 Å². The molecule has 12 heteroatoms. The van der Waals surface area contributed by atoms with Crippen molar-refractivity contribution in [1.29, 1.82) is 0 Å². The minimum Gasteiger partial charge on any atom is -0.493 e. The number of nitrogens with zero attached hydrogens (tertiary/aromatic N) is 6. The standard InChI is InChI=1S/C30H31N7O5/c1-6-23(20-12-24(39-4)25(40-5)13-21(20)31-3)42-19-10-11-27(33-14-19)35-30(38)29-26(41-7-2)16-37(36-29)22-15-32-17-34-28(22)18-8-9-18/h6,10-18H,3,7-9H2,1-2,4-5H3,(H,33,35,38)/b23-6+. The molecule has 12 nitrogen and oxygen atoms in total. The molecule has 4 aromatic rings. The summed E-state index contributed by atoms with van der Waals surface area (Å²) in [4.78, 5) is 30.3. The number of aromatic nitrogens is 5. The Kier molecular flexibility index (Phi) is 8.42. The van der Waals surface area contributed by atoms with Gasteiger partial charge in [-0.25, -0.2) is 19.6 Å². The molecular weight excluding hydrogens is 538 g/mol. The number of ether oxygens (including phenoxy) is 4. The van der Waals surface area contributed by atoms with Crippen molar-refractivity contribution in [2.45, 2.75) is 32.6 Å². The van der Waals surface area contributed by atoms with Gasteiger partial charge in [0.2, 0.25) is 0 Å². The molecule has 0 atom stereocenters. The topological polar surface area (TPSA) is 135 Å². The van der Waals surface area contributed by atoms with Gasteiger partial charge in [-0.15, -0.1) is 0 Å². The Bertz CT molecular complexity index is 1630. The number of anilines is 1. The Labute approximate surface area is 243 Å². The lowest BCUT2D eigenvalue weighted by Crippen LogP contribution is -2.15. The van der Waals surface area contributed by atoms with E-state index in [-0.39, 0.29) is 5.69 Å². The van der Waals surface area contributed by atoms with E-state index >= 15 is 0 Å². The summed E-state index contributed by atoms with van der Waals surface area (Å²) in [7, 11) is 3.11. The van der Waals surface area contributed by atoms with Crippen LogP contribution in [0.25, 0.3) is 11.4 Å². The number of carbonyl (C=O) groups is 1. The second kappa shape index (κ2) is 12.5. The first kappa shape index (κ1) is 28.3. The molecule has 216 valence electrons. The molecule has 1 N–H and O–H groups in total. The largest absolute Gasteiger partial charge is 0.493 e. The number of hydrogen-bond acceptors (Lipinski definition) is 10. The van der Waals surface area contributed by atoms with Crippen molar-refractivity contribution in [2.75, 3.05) is 26.1 Å². The average molecular weight is 570 g/mol. The van der Waals surface area contributed by atoms with Crippen molar-refractivity contribution in [2.24, 2.45) is 4.99 Å². The average Bonchev–Trinajstić information content (AvgIpc) is 3.79. The molecular formula is C30H31N7O5. The molecule has 1 amide bonds. The van der Waals surface area contributed by atoms with Gasteiger partial charge in [0, 0.05) is 17.5 Å². The molecule has 0 unspecified atom stereocenters. The number of aliphatic imine (C=N–C) groups is 1. The molecule has 0 saturated heterocycles. The third-order valence-electron chi connectivity index (χ3n) is 6.53. The van der Waals surface area contributed by atoms with Gasteiger partial charge in [0.15, 0.2) is 22.9 Å². The van der Waals surface area contributed by atoms with Crippen LogP contribution >= 0.6 is 0 Å². The second-order valence-electron chi connectivity index (χ2n) is 9.26. The van der Waals surface area contributed by atoms with E-state index in [9.17, 15) is 4.79 Å². The Morgan fingerprint density at radius 1 is 1.14 bits per heavy atom.